The van der Waals surface area contributed by atoms with Crippen molar-refractivity contribution in [1.82, 2.24) is 25.4 Å². The van der Waals surface area contributed by atoms with Gasteiger partial charge in [0.2, 0.25) is 5.96 Å². The van der Waals surface area contributed by atoms with Gasteiger partial charge in [-0.25, -0.2) is 9.98 Å². The molecule has 1 aliphatic rings. The Morgan fingerprint density at radius 3 is 2.49 bits per heavy atom. The van der Waals surface area contributed by atoms with Crippen molar-refractivity contribution in [2.75, 3.05) is 31.4 Å². The number of benzene rings is 1. The van der Waals surface area contributed by atoms with Crippen LogP contribution in [0, 0.1) is 0 Å². The molecule has 0 spiro atoms. The van der Waals surface area contributed by atoms with E-state index in [2.05, 4.69) is 36.3 Å². The van der Waals surface area contributed by atoms with E-state index in [1.54, 1.807) is 55.2 Å². The molecule has 0 fully saturated rings. The van der Waals surface area contributed by atoms with Gasteiger partial charge in [-0.05, 0) is 55.5 Å². The molecule has 0 saturated carbocycles. The monoisotopic (exact) mass is 707 g/mol. The molecule has 4 rings (SSSR count). The van der Waals surface area contributed by atoms with E-state index in [1.165, 1.54) is 20.2 Å². The number of amides is 1. The molecule has 1 atom stereocenters. The maximum absolute atomic E-state index is 14.9. The number of hydrogen-bond donors (Lipinski definition) is 6. The van der Waals surface area contributed by atoms with Crippen LogP contribution in [0.1, 0.15) is 55.6 Å². The lowest BCUT2D eigenvalue weighted by atomic mass is 9.83. The Bertz CT molecular complexity index is 1730. The Morgan fingerprint density at radius 2 is 1.86 bits per heavy atom. The van der Waals surface area contributed by atoms with Crippen molar-refractivity contribution in [1.29, 1.82) is 0 Å². The minimum Gasteiger partial charge on any atom is -0.495 e. The number of halogens is 3. The first-order valence-electron chi connectivity index (χ1n) is 15.4. The molecule has 0 bridgehead atoms. The normalized spacial score (nSPS) is 14.6. The number of aliphatic hydroxyl groups excluding tert-OH is 1. The number of aryl methyl sites for hydroxylation is 1. The van der Waals surface area contributed by atoms with Crippen LogP contribution >= 0.6 is 8.25 Å². The van der Waals surface area contributed by atoms with Crippen LogP contribution < -0.4 is 26.0 Å². The van der Waals surface area contributed by atoms with E-state index in [-0.39, 0.29) is 49.1 Å². The number of pyridine rings is 1. The summed E-state index contributed by atoms with van der Waals surface area (Å²) in [6.45, 7) is 3.67. The smallest absolute Gasteiger partial charge is 0.495 e. The van der Waals surface area contributed by atoms with Crippen LogP contribution in [0.15, 0.2) is 59.1 Å². The number of rotatable bonds is 15. The Balaban J connectivity index is 1.73. The molecular weight excluding hydrogens is 668 g/mol. The number of aliphatic hydroxyl groups is 1. The summed E-state index contributed by atoms with van der Waals surface area (Å²) in [6, 6.07) is 7.76. The summed E-state index contributed by atoms with van der Waals surface area (Å²) in [4.78, 5) is 31.0. The maximum Gasteiger partial charge on any atom is 0.695 e. The Morgan fingerprint density at radius 1 is 1.12 bits per heavy atom. The standard InChI is InChI=1S/C31H38F3N8O6P/c1-5-30(6-2)26(31(32,33)34)27(40-29(41-30)39-22-10-9-19(15-24(22)47-4)18-48-49(45)46)38-23-12-11-21(37-25(23)28(44)35-3)20-16-36-42(17-20)13-7-8-14-43/h9-12,15-17,43H,5-8,13-14,18H2,1-4H3,(H4-,35,38,39,40,41,44,45,46)/p+1. The zero-order valence-corrected chi connectivity index (χ0v) is 28.3. The van der Waals surface area contributed by atoms with Crippen LogP contribution in [0.3, 0.4) is 0 Å². The topological polar surface area (TPSA) is 184 Å². The molecule has 14 nitrogen and oxygen atoms in total. The van der Waals surface area contributed by atoms with Gasteiger partial charge >= 0.3 is 14.4 Å². The highest BCUT2D eigenvalue weighted by Crippen LogP contribution is 2.44. The van der Waals surface area contributed by atoms with Crippen molar-refractivity contribution < 1.29 is 41.8 Å². The number of hydrogen-bond acceptors (Lipinski definition) is 11. The summed E-state index contributed by atoms with van der Waals surface area (Å²) in [5.74, 6) is -0.829. The van der Waals surface area contributed by atoms with E-state index in [0.29, 0.717) is 41.9 Å². The minimum atomic E-state index is -4.82. The second-order valence-corrected chi connectivity index (χ2v) is 11.7. The molecule has 1 unspecified atom stereocenters. The molecule has 2 aromatic heterocycles. The predicted molar refractivity (Wildman–Crippen MR) is 177 cm³/mol. The zero-order valence-electron chi connectivity index (χ0n) is 27.4. The first kappa shape index (κ1) is 37.3. The van der Waals surface area contributed by atoms with Crippen molar-refractivity contribution >= 4 is 31.5 Å². The summed E-state index contributed by atoms with van der Waals surface area (Å²) in [7, 11) is -0.0350. The number of nitrogens with one attached hydrogen (secondary N) is 4. The largest absolute Gasteiger partial charge is 0.695 e. The molecule has 1 aliphatic heterocycles. The second-order valence-electron chi connectivity index (χ2n) is 11.0. The van der Waals surface area contributed by atoms with Crippen LogP contribution in [0.2, 0.25) is 0 Å². The highest BCUT2D eigenvalue weighted by Gasteiger charge is 2.51. The maximum atomic E-state index is 14.9. The van der Waals surface area contributed by atoms with E-state index in [0.717, 1.165) is 0 Å². The molecule has 6 N–H and O–H groups in total. The summed E-state index contributed by atoms with van der Waals surface area (Å²) in [5, 5.41) is 24.4. The molecular formula is C31H39F3N8O6P+. The third kappa shape index (κ3) is 8.92. The lowest BCUT2D eigenvalue weighted by Crippen LogP contribution is -2.49. The van der Waals surface area contributed by atoms with Gasteiger partial charge in [0, 0.05) is 36.5 Å². The first-order chi connectivity index (χ1) is 23.4. The van der Waals surface area contributed by atoms with E-state index in [4.69, 9.17) is 19.3 Å². The number of aromatic nitrogens is 3. The van der Waals surface area contributed by atoms with Crippen LogP contribution in [-0.4, -0.2) is 69.1 Å². The summed E-state index contributed by atoms with van der Waals surface area (Å²) in [6.07, 6.45) is -0.213. The molecule has 264 valence electrons. The minimum absolute atomic E-state index is 0.00851. The van der Waals surface area contributed by atoms with Crippen molar-refractivity contribution in [3.05, 3.63) is 65.4 Å². The lowest BCUT2D eigenvalue weighted by molar-refractivity contribution is -0.103. The van der Waals surface area contributed by atoms with Gasteiger partial charge < -0.3 is 31.1 Å². The Kier molecular flexibility index (Phi) is 12.3. The SMILES string of the molecule is CCC1(CC)N=C(Nc2ccc(CO[P+](=O)O)cc2OC)NC(Nc2ccc(-c3cnn(CCCCO)c3)nc2C(=O)NC)=C1C(F)(F)F. The summed E-state index contributed by atoms with van der Waals surface area (Å²) < 4.78 is 67.6. The summed E-state index contributed by atoms with van der Waals surface area (Å²) in [5.41, 5.74) is -0.975. The van der Waals surface area contributed by atoms with Gasteiger partial charge in [-0.15, -0.1) is 9.42 Å². The molecule has 49 heavy (non-hydrogen) atoms. The number of guanidine groups is 1. The first-order valence-corrected chi connectivity index (χ1v) is 16.6. The number of carbonyl (C=O) groups is 1. The molecule has 0 aliphatic carbocycles. The summed E-state index contributed by atoms with van der Waals surface area (Å²) >= 11 is 0. The van der Waals surface area contributed by atoms with Gasteiger partial charge in [0.25, 0.3) is 5.91 Å². The Hall–Kier alpha value is -4.57. The highest BCUT2D eigenvalue weighted by molar-refractivity contribution is 7.32. The quantitative estimate of drug-likeness (QED) is 0.0916. The van der Waals surface area contributed by atoms with Gasteiger partial charge in [-0.2, -0.15) is 18.3 Å². The molecule has 3 aromatic rings. The van der Waals surface area contributed by atoms with Crippen molar-refractivity contribution in [3.63, 3.8) is 0 Å². The van der Waals surface area contributed by atoms with E-state index >= 15 is 0 Å². The van der Waals surface area contributed by atoms with Crippen LogP contribution in [-0.2, 0) is 22.2 Å². The average molecular weight is 708 g/mol. The van der Waals surface area contributed by atoms with Crippen molar-refractivity contribution in [2.45, 2.75) is 64.4 Å². The number of ether oxygens (including phenoxy) is 1. The number of alkyl halides is 3. The number of anilines is 2. The van der Waals surface area contributed by atoms with Crippen LogP contribution in [0.5, 0.6) is 5.75 Å². The fourth-order valence-corrected chi connectivity index (χ4v) is 5.63. The second kappa shape index (κ2) is 16.2. The number of unbranched alkanes of at least 4 members (excludes halogenated alkanes) is 1. The van der Waals surface area contributed by atoms with Crippen LogP contribution in [0.4, 0.5) is 24.5 Å². The number of aliphatic imine (C=N–C) groups is 1. The molecule has 0 saturated heterocycles. The third-order valence-corrected chi connectivity index (χ3v) is 8.27. The number of carbonyl (C=O) groups excluding carboxylic acids is 1. The molecule has 1 amide bonds. The highest BCUT2D eigenvalue weighted by atomic mass is 31.1. The van der Waals surface area contributed by atoms with E-state index in [1.807, 2.05) is 0 Å². The van der Waals surface area contributed by atoms with Crippen molar-refractivity contribution in [2.24, 2.45) is 4.99 Å². The molecule has 18 heteroatoms. The molecule has 3 heterocycles. The average Bonchev–Trinajstić information content (AvgIpc) is 3.55. The van der Waals surface area contributed by atoms with Crippen LogP contribution in [0.25, 0.3) is 11.3 Å². The van der Waals surface area contributed by atoms with Gasteiger partial charge in [-0.3, -0.25) is 9.48 Å². The predicted octanol–water partition coefficient (Wildman–Crippen LogP) is 5.07. The van der Waals surface area contributed by atoms with E-state index in [9.17, 15) is 22.5 Å². The van der Waals surface area contributed by atoms with Gasteiger partial charge in [-0.1, -0.05) is 19.9 Å². The lowest BCUT2D eigenvalue weighted by Gasteiger charge is -2.38. The molecule has 0 radical (unpaired) electrons. The number of nitrogens with zero attached hydrogens (tertiary/aromatic N) is 4. The fourth-order valence-electron chi connectivity index (χ4n) is 5.37. The van der Waals surface area contributed by atoms with E-state index < -0.39 is 37.3 Å². The third-order valence-electron chi connectivity index (χ3n) is 7.92. The molecule has 1 aromatic carbocycles. The van der Waals surface area contributed by atoms with Gasteiger partial charge in [0.15, 0.2) is 5.69 Å². The van der Waals surface area contributed by atoms with Crippen molar-refractivity contribution in [3.8, 4) is 17.0 Å². The fraction of sp³-hybridized carbons (Fsp3) is 0.419. The number of methoxy groups -OCH3 is 1. The van der Waals surface area contributed by atoms with Gasteiger partial charge in [0.1, 0.15) is 23.8 Å². The zero-order chi connectivity index (χ0) is 35.8. The Labute approximate surface area is 281 Å². The van der Waals surface area contributed by atoms with Gasteiger partial charge in [0.05, 0.1) is 35.9 Å².